The second-order valence-corrected chi connectivity index (χ2v) is 7.27. The van der Waals surface area contributed by atoms with Crippen LogP contribution < -0.4 is 10.0 Å². The third-order valence-electron chi connectivity index (χ3n) is 3.89. The predicted molar refractivity (Wildman–Crippen MR) is 88.1 cm³/mol. The van der Waals surface area contributed by atoms with Crippen molar-refractivity contribution in [3.8, 4) is 11.1 Å². The van der Waals surface area contributed by atoms with Gasteiger partial charge < -0.3 is 5.32 Å². The first-order valence-corrected chi connectivity index (χ1v) is 9.02. The number of piperidine rings is 1. The number of hydrogen-bond donors (Lipinski definition) is 2. The van der Waals surface area contributed by atoms with Crippen LogP contribution in [0.2, 0.25) is 0 Å². The maximum Gasteiger partial charge on any atom is 0.240 e. The average molecular weight is 316 g/mol. The molecule has 2 aromatic rings. The second-order valence-electron chi connectivity index (χ2n) is 5.55. The number of hydrogen-bond acceptors (Lipinski definition) is 3. The predicted octanol–water partition coefficient (Wildman–Crippen LogP) is 2.38. The monoisotopic (exact) mass is 316 g/mol. The van der Waals surface area contributed by atoms with Gasteiger partial charge in [0.25, 0.3) is 0 Å². The van der Waals surface area contributed by atoms with Gasteiger partial charge in [0.1, 0.15) is 0 Å². The van der Waals surface area contributed by atoms with Gasteiger partial charge in [0, 0.05) is 12.6 Å². The van der Waals surface area contributed by atoms with Crippen molar-refractivity contribution in [2.24, 2.45) is 0 Å². The molecule has 5 heteroatoms. The average Bonchev–Trinajstić information content (AvgIpc) is 2.56. The molecular formula is C17H20N2O2S. The summed E-state index contributed by atoms with van der Waals surface area (Å²) < 4.78 is 27.6. The van der Waals surface area contributed by atoms with Gasteiger partial charge in [-0.05, 0) is 42.6 Å². The lowest BCUT2D eigenvalue weighted by atomic mass is 10.1. The molecular weight excluding hydrogens is 296 g/mol. The van der Waals surface area contributed by atoms with E-state index in [0.29, 0.717) is 11.4 Å². The zero-order valence-corrected chi connectivity index (χ0v) is 13.1. The third-order valence-corrected chi connectivity index (χ3v) is 5.43. The van der Waals surface area contributed by atoms with Gasteiger partial charge in [0.2, 0.25) is 10.0 Å². The topological polar surface area (TPSA) is 58.2 Å². The third kappa shape index (κ3) is 3.55. The minimum absolute atomic E-state index is 0.0208. The fourth-order valence-corrected chi connectivity index (χ4v) is 3.97. The Labute approximate surface area is 131 Å². The molecule has 0 saturated carbocycles. The smallest absolute Gasteiger partial charge is 0.240 e. The summed E-state index contributed by atoms with van der Waals surface area (Å²) in [6.07, 6.45) is 1.88. The molecule has 1 unspecified atom stereocenters. The lowest BCUT2D eigenvalue weighted by molar-refractivity contribution is 0.428. The van der Waals surface area contributed by atoms with Crippen LogP contribution >= 0.6 is 0 Å². The first-order chi connectivity index (χ1) is 10.6. The van der Waals surface area contributed by atoms with Crippen molar-refractivity contribution >= 4 is 10.0 Å². The molecule has 0 aromatic heterocycles. The summed E-state index contributed by atoms with van der Waals surface area (Å²) in [4.78, 5) is 0.317. The fourth-order valence-electron chi connectivity index (χ4n) is 2.70. The van der Waals surface area contributed by atoms with Gasteiger partial charge in [-0.25, -0.2) is 13.1 Å². The van der Waals surface area contributed by atoms with E-state index in [4.69, 9.17) is 0 Å². The summed E-state index contributed by atoms with van der Waals surface area (Å²) in [5, 5.41) is 3.21. The van der Waals surface area contributed by atoms with E-state index in [-0.39, 0.29) is 6.04 Å². The Bertz CT molecular complexity index is 706. The minimum Gasteiger partial charge on any atom is -0.315 e. The van der Waals surface area contributed by atoms with Crippen LogP contribution in [0.3, 0.4) is 0 Å². The molecule has 22 heavy (non-hydrogen) atoms. The van der Waals surface area contributed by atoms with Crippen molar-refractivity contribution in [3.05, 3.63) is 54.6 Å². The van der Waals surface area contributed by atoms with Crippen molar-refractivity contribution in [3.63, 3.8) is 0 Å². The number of sulfonamides is 1. The molecule has 1 atom stereocenters. The Hall–Kier alpha value is -1.69. The Morgan fingerprint density at radius 2 is 1.64 bits per heavy atom. The molecule has 2 N–H and O–H groups in total. The van der Waals surface area contributed by atoms with Crippen LogP contribution in [0.1, 0.15) is 12.8 Å². The minimum atomic E-state index is -3.45. The lowest BCUT2D eigenvalue weighted by Gasteiger charge is -2.23. The van der Waals surface area contributed by atoms with E-state index in [9.17, 15) is 8.42 Å². The second kappa shape index (κ2) is 6.60. The molecule has 0 bridgehead atoms. The van der Waals surface area contributed by atoms with E-state index >= 15 is 0 Å². The summed E-state index contributed by atoms with van der Waals surface area (Å²) >= 11 is 0. The maximum absolute atomic E-state index is 12.4. The van der Waals surface area contributed by atoms with Crippen molar-refractivity contribution < 1.29 is 8.42 Å². The molecule has 1 aliphatic rings. The quantitative estimate of drug-likeness (QED) is 0.910. The van der Waals surface area contributed by atoms with Crippen LogP contribution in [0.25, 0.3) is 11.1 Å². The standard InChI is InChI=1S/C17H20N2O2S/c20-22(21,19-16-7-4-12-18-13-16)17-10-8-15(9-11-17)14-5-2-1-3-6-14/h1-3,5-6,8-11,16,18-19H,4,7,12-13H2. The van der Waals surface area contributed by atoms with Crippen molar-refractivity contribution in [2.75, 3.05) is 13.1 Å². The van der Waals surface area contributed by atoms with Gasteiger partial charge in [-0.15, -0.1) is 0 Å². The van der Waals surface area contributed by atoms with Gasteiger partial charge in [0.15, 0.2) is 0 Å². The van der Waals surface area contributed by atoms with Crippen LogP contribution in [0, 0.1) is 0 Å². The van der Waals surface area contributed by atoms with Crippen LogP contribution in [0.15, 0.2) is 59.5 Å². The highest BCUT2D eigenvalue weighted by atomic mass is 32.2. The van der Waals surface area contributed by atoms with Crippen molar-refractivity contribution in [1.29, 1.82) is 0 Å². The maximum atomic E-state index is 12.4. The molecule has 1 heterocycles. The zero-order valence-electron chi connectivity index (χ0n) is 12.3. The first kappa shape index (κ1) is 15.2. The number of benzene rings is 2. The Balaban J connectivity index is 1.76. The Morgan fingerprint density at radius 1 is 0.955 bits per heavy atom. The normalized spacial score (nSPS) is 19.0. The van der Waals surface area contributed by atoms with E-state index in [2.05, 4.69) is 10.0 Å². The van der Waals surface area contributed by atoms with E-state index < -0.39 is 10.0 Å². The Kier molecular flexibility index (Phi) is 4.57. The van der Waals surface area contributed by atoms with Gasteiger partial charge in [0.05, 0.1) is 4.90 Å². The van der Waals surface area contributed by atoms with Gasteiger partial charge in [-0.2, -0.15) is 0 Å². The highest BCUT2D eigenvalue weighted by molar-refractivity contribution is 7.89. The van der Waals surface area contributed by atoms with E-state index in [1.165, 1.54) is 0 Å². The molecule has 1 fully saturated rings. The van der Waals surface area contributed by atoms with Crippen molar-refractivity contribution in [1.82, 2.24) is 10.0 Å². The zero-order chi connectivity index (χ0) is 15.4. The Morgan fingerprint density at radius 3 is 2.27 bits per heavy atom. The van der Waals surface area contributed by atoms with Crippen LogP contribution in [-0.4, -0.2) is 27.5 Å². The van der Waals surface area contributed by atoms with Gasteiger partial charge in [-0.3, -0.25) is 0 Å². The molecule has 2 aromatic carbocycles. The molecule has 116 valence electrons. The molecule has 0 amide bonds. The van der Waals surface area contributed by atoms with Crippen LogP contribution in [-0.2, 0) is 10.0 Å². The van der Waals surface area contributed by atoms with Crippen LogP contribution in [0.5, 0.6) is 0 Å². The number of nitrogens with one attached hydrogen (secondary N) is 2. The molecule has 1 aliphatic heterocycles. The van der Waals surface area contributed by atoms with Crippen molar-refractivity contribution in [2.45, 2.75) is 23.8 Å². The summed E-state index contributed by atoms with van der Waals surface area (Å²) in [5.41, 5.74) is 2.09. The molecule has 4 nitrogen and oxygen atoms in total. The summed E-state index contributed by atoms with van der Waals surface area (Å²) in [6.45, 7) is 1.66. The first-order valence-electron chi connectivity index (χ1n) is 7.54. The highest BCUT2D eigenvalue weighted by Gasteiger charge is 2.21. The fraction of sp³-hybridized carbons (Fsp3) is 0.294. The molecule has 1 saturated heterocycles. The molecule has 0 spiro atoms. The van der Waals surface area contributed by atoms with E-state index in [1.807, 2.05) is 42.5 Å². The SMILES string of the molecule is O=S(=O)(NC1CCCNC1)c1ccc(-c2ccccc2)cc1. The largest absolute Gasteiger partial charge is 0.315 e. The highest BCUT2D eigenvalue weighted by Crippen LogP contribution is 2.21. The molecule has 0 radical (unpaired) electrons. The molecule has 3 rings (SSSR count). The van der Waals surface area contributed by atoms with E-state index in [0.717, 1.165) is 30.5 Å². The summed E-state index contributed by atoms with van der Waals surface area (Å²) in [7, 11) is -3.45. The molecule has 0 aliphatic carbocycles. The van der Waals surface area contributed by atoms with Gasteiger partial charge >= 0.3 is 0 Å². The lowest BCUT2D eigenvalue weighted by Crippen LogP contribution is -2.45. The summed E-state index contributed by atoms with van der Waals surface area (Å²) in [6, 6.07) is 16.9. The number of rotatable bonds is 4. The van der Waals surface area contributed by atoms with Crippen LogP contribution in [0.4, 0.5) is 0 Å². The summed E-state index contributed by atoms with van der Waals surface area (Å²) in [5.74, 6) is 0. The van der Waals surface area contributed by atoms with E-state index in [1.54, 1.807) is 12.1 Å². The van der Waals surface area contributed by atoms with Gasteiger partial charge in [-0.1, -0.05) is 42.5 Å².